The van der Waals surface area contributed by atoms with Crippen molar-refractivity contribution in [3.8, 4) is 11.5 Å². The molecule has 124 valence electrons. The van der Waals surface area contributed by atoms with E-state index in [1.54, 1.807) is 19.4 Å². The van der Waals surface area contributed by atoms with Gasteiger partial charge in [-0.25, -0.2) is 4.99 Å². The van der Waals surface area contributed by atoms with E-state index in [1.807, 2.05) is 31.2 Å². The van der Waals surface area contributed by atoms with Gasteiger partial charge in [-0.1, -0.05) is 6.07 Å². The first kappa shape index (κ1) is 16.7. The van der Waals surface area contributed by atoms with Gasteiger partial charge in [-0.05, 0) is 37.1 Å². The standard InChI is InChI=1S/C17H23N3O3/c1-3-18-17(20-12-15-5-4-10-23-15)19-9-8-13-6-7-14(22-2)11-16(13)21/h4-7,10-11,21H,3,8-9,12H2,1-2H3,(H2,18,19,20). The van der Waals surface area contributed by atoms with Gasteiger partial charge in [0.15, 0.2) is 5.96 Å². The van der Waals surface area contributed by atoms with E-state index in [-0.39, 0.29) is 5.75 Å². The van der Waals surface area contributed by atoms with Crippen LogP contribution in [0.4, 0.5) is 0 Å². The summed E-state index contributed by atoms with van der Waals surface area (Å²) in [7, 11) is 1.58. The van der Waals surface area contributed by atoms with Crippen LogP contribution >= 0.6 is 0 Å². The Balaban J connectivity index is 1.87. The maximum absolute atomic E-state index is 9.95. The van der Waals surface area contributed by atoms with Gasteiger partial charge < -0.3 is 24.9 Å². The Hall–Kier alpha value is -2.63. The zero-order valence-electron chi connectivity index (χ0n) is 13.5. The number of methoxy groups -OCH3 is 1. The second-order valence-corrected chi connectivity index (χ2v) is 4.95. The SMILES string of the molecule is CCNC(=NCc1ccco1)NCCc1ccc(OC)cc1O. The van der Waals surface area contributed by atoms with E-state index in [4.69, 9.17) is 9.15 Å². The first-order valence-corrected chi connectivity index (χ1v) is 7.63. The number of phenols is 1. The van der Waals surface area contributed by atoms with Crippen molar-refractivity contribution in [2.24, 2.45) is 4.99 Å². The fourth-order valence-corrected chi connectivity index (χ4v) is 2.10. The van der Waals surface area contributed by atoms with Crippen LogP contribution in [0.15, 0.2) is 46.0 Å². The summed E-state index contributed by atoms with van der Waals surface area (Å²) >= 11 is 0. The highest BCUT2D eigenvalue weighted by atomic mass is 16.5. The normalized spacial score (nSPS) is 11.3. The molecular weight excluding hydrogens is 294 g/mol. The lowest BCUT2D eigenvalue weighted by atomic mass is 10.1. The summed E-state index contributed by atoms with van der Waals surface area (Å²) in [6, 6.07) is 9.06. The van der Waals surface area contributed by atoms with E-state index in [0.717, 1.165) is 23.8 Å². The largest absolute Gasteiger partial charge is 0.508 e. The molecule has 6 heteroatoms. The third-order valence-electron chi connectivity index (χ3n) is 3.30. The van der Waals surface area contributed by atoms with Crippen LogP contribution < -0.4 is 15.4 Å². The van der Waals surface area contributed by atoms with Crippen LogP contribution in [0.3, 0.4) is 0 Å². The van der Waals surface area contributed by atoms with E-state index >= 15 is 0 Å². The van der Waals surface area contributed by atoms with Crippen molar-refractivity contribution in [2.45, 2.75) is 19.9 Å². The molecule has 23 heavy (non-hydrogen) atoms. The third-order valence-corrected chi connectivity index (χ3v) is 3.30. The van der Waals surface area contributed by atoms with Crippen molar-refractivity contribution in [1.29, 1.82) is 0 Å². The Morgan fingerprint density at radius 2 is 2.17 bits per heavy atom. The van der Waals surface area contributed by atoms with E-state index < -0.39 is 0 Å². The Bertz CT molecular complexity index is 624. The van der Waals surface area contributed by atoms with Crippen molar-refractivity contribution in [2.75, 3.05) is 20.2 Å². The molecule has 0 fully saturated rings. The molecule has 0 bridgehead atoms. The van der Waals surface area contributed by atoms with Crippen LogP contribution in [-0.2, 0) is 13.0 Å². The molecule has 0 aliphatic heterocycles. The Morgan fingerprint density at radius 1 is 1.30 bits per heavy atom. The molecule has 2 aromatic rings. The maximum Gasteiger partial charge on any atom is 0.191 e. The minimum absolute atomic E-state index is 0.240. The van der Waals surface area contributed by atoms with Crippen molar-refractivity contribution in [3.05, 3.63) is 47.9 Å². The number of hydrogen-bond acceptors (Lipinski definition) is 4. The molecule has 3 N–H and O–H groups in total. The number of ether oxygens (including phenoxy) is 1. The fourth-order valence-electron chi connectivity index (χ4n) is 2.10. The molecule has 0 saturated heterocycles. The lowest BCUT2D eigenvalue weighted by Gasteiger charge is -2.12. The van der Waals surface area contributed by atoms with Crippen LogP contribution in [0, 0.1) is 0 Å². The van der Waals surface area contributed by atoms with Gasteiger partial charge in [0.2, 0.25) is 0 Å². The highest BCUT2D eigenvalue weighted by molar-refractivity contribution is 5.79. The number of nitrogens with one attached hydrogen (secondary N) is 2. The zero-order chi connectivity index (χ0) is 16.5. The third kappa shape index (κ3) is 5.25. The van der Waals surface area contributed by atoms with Crippen LogP contribution in [0.25, 0.3) is 0 Å². The number of benzene rings is 1. The molecule has 2 rings (SSSR count). The van der Waals surface area contributed by atoms with E-state index in [1.165, 1.54) is 0 Å². The van der Waals surface area contributed by atoms with Crippen LogP contribution in [0.2, 0.25) is 0 Å². The first-order valence-electron chi connectivity index (χ1n) is 7.63. The molecule has 0 amide bonds. The molecule has 0 saturated carbocycles. The summed E-state index contributed by atoms with van der Waals surface area (Å²) in [5.41, 5.74) is 0.861. The Labute approximate surface area is 136 Å². The molecule has 6 nitrogen and oxygen atoms in total. The minimum atomic E-state index is 0.240. The maximum atomic E-state index is 9.95. The van der Waals surface area contributed by atoms with E-state index in [9.17, 15) is 5.11 Å². The average Bonchev–Trinajstić information content (AvgIpc) is 3.07. The number of aromatic hydroxyl groups is 1. The molecule has 1 aromatic heterocycles. The molecule has 0 radical (unpaired) electrons. The summed E-state index contributed by atoms with van der Waals surface area (Å²) in [5, 5.41) is 16.4. The number of phenolic OH excluding ortho intramolecular Hbond substituents is 1. The molecule has 0 spiro atoms. The van der Waals surface area contributed by atoms with Crippen LogP contribution in [0.1, 0.15) is 18.2 Å². The van der Waals surface area contributed by atoms with Gasteiger partial charge in [0.25, 0.3) is 0 Å². The van der Waals surface area contributed by atoms with E-state index in [2.05, 4.69) is 15.6 Å². The summed E-state index contributed by atoms with van der Waals surface area (Å²) < 4.78 is 10.3. The Morgan fingerprint density at radius 3 is 2.83 bits per heavy atom. The lowest BCUT2D eigenvalue weighted by molar-refractivity contribution is 0.406. The quantitative estimate of drug-likeness (QED) is 0.539. The van der Waals surface area contributed by atoms with Crippen molar-refractivity contribution in [3.63, 3.8) is 0 Å². The number of nitrogens with zero attached hydrogens (tertiary/aromatic N) is 1. The highest BCUT2D eigenvalue weighted by Crippen LogP contribution is 2.23. The summed E-state index contributed by atoms with van der Waals surface area (Å²) in [6.07, 6.45) is 2.32. The topological polar surface area (TPSA) is 79.0 Å². The van der Waals surface area contributed by atoms with Gasteiger partial charge in [-0.3, -0.25) is 0 Å². The molecule has 0 unspecified atom stereocenters. The predicted octanol–water partition coefficient (Wildman–Crippen LogP) is 2.29. The smallest absolute Gasteiger partial charge is 0.191 e. The van der Waals surface area contributed by atoms with Gasteiger partial charge in [0, 0.05) is 19.2 Å². The molecule has 0 aliphatic carbocycles. The summed E-state index contributed by atoms with van der Waals surface area (Å²) in [4.78, 5) is 4.46. The molecule has 0 atom stereocenters. The number of aliphatic imine (C=N–C) groups is 1. The number of hydrogen-bond donors (Lipinski definition) is 3. The number of rotatable bonds is 7. The van der Waals surface area contributed by atoms with Crippen LogP contribution in [-0.4, -0.2) is 31.3 Å². The van der Waals surface area contributed by atoms with Gasteiger partial charge in [-0.2, -0.15) is 0 Å². The summed E-state index contributed by atoms with van der Waals surface area (Å²) in [5.74, 6) is 2.42. The van der Waals surface area contributed by atoms with Crippen molar-refractivity contribution in [1.82, 2.24) is 10.6 Å². The van der Waals surface area contributed by atoms with E-state index in [0.29, 0.717) is 25.3 Å². The fraction of sp³-hybridized carbons (Fsp3) is 0.353. The molecule has 1 heterocycles. The molecule has 1 aromatic carbocycles. The summed E-state index contributed by atoms with van der Waals surface area (Å²) in [6.45, 7) is 3.93. The van der Waals surface area contributed by atoms with Gasteiger partial charge in [0.1, 0.15) is 23.8 Å². The van der Waals surface area contributed by atoms with Gasteiger partial charge >= 0.3 is 0 Å². The second kappa shape index (κ2) is 8.73. The predicted molar refractivity (Wildman–Crippen MR) is 89.9 cm³/mol. The second-order valence-electron chi connectivity index (χ2n) is 4.95. The minimum Gasteiger partial charge on any atom is -0.508 e. The lowest BCUT2D eigenvalue weighted by Crippen LogP contribution is -2.38. The van der Waals surface area contributed by atoms with Gasteiger partial charge in [-0.15, -0.1) is 0 Å². The monoisotopic (exact) mass is 317 g/mol. The number of guanidine groups is 1. The number of furan rings is 1. The molecular formula is C17H23N3O3. The highest BCUT2D eigenvalue weighted by Gasteiger charge is 2.04. The first-order chi connectivity index (χ1) is 11.2. The van der Waals surface area contributed by atoms with Gasteiger partial charge in [0.05, 0.1) is 13.4 Å². The Kier molecular flexibility index (Phi) is 6.35. The van der Waals surface area contributed by atoms with Crippen LogP contribution in [0.5, 0.6) is 11.5 Å². The van der Waals surface area contributed by atoms with Crippen molar-refractivity contribution >= 4 is 5.96 Å². The molecule has 0 aliphatic rings. The zero-order valence-corrected chi connectivity index (χ0v) is 13.5. The van der Waals surface area contributed by atoms with Crippen molar-refractivity contribution < 1.29 is 14.3 Å². The average molecular weight is 317 g/mol.